The highest BCUT2D eigenvalue weighted by atomic mass is 32.1. The molecular weight excluding hydrogens is 528 g/mol. The number of benzene rings is 3. The number of aromatic amines is 1. The van der Waals surface area contributed by atoms with E-state index >= 15 is 0 Å². The van der Waals surface area contributed by atoms with Crippen LogP contribution in [0.15, 0.2) is 100 Å². The molecule has 6 nitrogen and oxygen atoms in total. The molecule has 1 N–H and O–H groups in total. The molecule has 0 amide bonds. The summed E-state index contributed by atoms with van der Waals surface area (Å²) < 4.78 is 4.32. The zero-order chi connectivity index (χ0) is 28.9. The van der Waals surface area contributed by atoms with Crippen LogP contribution in [-0.4, -0.2) is 21.4 Å². The summed E-state index contributed by atoms with van der Waals surface area (Å²) in [5.74, 6) is 0. The average Bonchev–Trinajstić information content (AvgIpc) is 3.53. The molecule has 6 rings (SSSR count). The lowest BCUT2D eigenvalue weighted by atomic mass is 9.82. The van der Waals surface area contributed by atoms with Crippen molar-refractivity contribution in [2.75, 3.05) is 11.9 Å². The van der Waals surface area contributed by atoms with Crippen LogP contribution in [0.4, 0.5) is 5.69 Å². The summed E-state index contributed by atoms with van der Waals surface area (Å²) in [7, 11) is 2.07. The molecule has 206 valence electrons. The summed E-state index contributed by atoms with van der Waals surface area (Å²) >= 11 is 1.33. The van der Waals surface area contributed by atoms with Gasteiger partial charge in [-0.15, -0.1) is 11.3 Å². The minimum atomic E-state index is -0.264. The molecule has 5 aromatic rings. The van der Waals surface area contributed by atoms with Gasteiger partial charge in [0.05, 0.1) is 15.6 Å². The lowest BCUT2D eigenvalue weighted by molar-refractivity contribution is 0.641. The van der Waals surface area contributed by atoms with Crippen LogP contribution in [0, 0.1) is 9.88 Å². The summed E-state index contributed by atoms with van der Waals surface area (Å²) in [6.45, 7) is 10.9. The third kappa shape index (κ3) is 4.33. The quantitative estimate of drug-likeness (QED) is 0.341. The van der Waals surface area contributed by atoms with E-state index in [9.17, 15) is 9.59 Å². The van der Waals surface area contributed by atoms with E-state index in [2.05, 4.69) is 79.9 Å². The topological polar surface area (TPSA) is 63.0 Å². The van der Waals surface area contributed by atoms with Crippen LogP contribution in [0.3, 0.4) is 0 Å². The van der Waals surface area contributed by atoms with E-state index < -0.39 is 0 Å². The van der Waals surface area contributed by atoms with Gasteiger partial charge in [-0.25, -0.2) is 4.68 Å². The molecule has 0 unspecified atom stereocenters. The fraction of sp³-hybridized carbons (Fsp3) is 0.176. The Morgan fingerprint density at radius 1 is 0.902 bits per heavy atom. The molecule has 0 aliphatic carbocycles. The first-order valence-electron chi connectivity index (χ1n) is 13.7. The Hall–Kier alpha value is -4.62. The molecule has 7 heteroatoms. The fourth-order valence-corrected chi connectivity index (χ4v) is 6.95. The van der Waals surface area contributed by atoms with Gasteiger partial charge in [0.15, 0.2) is 0 Å². The predicted molar refractivity (Wildman–Crippen MR) is 169 cm³/mol. The molecule has 0 saturated heterocycles. The van der Waals surface area contributed by atoms with Crippen LogP contribution in [0.25, 0.3) is 29.5 Å². The van der Waals surface area contributed by atoms with E-state index in [4.69, 9.17) is 0 Å². The second-order valence-corrected chi connectivity index (χ2v) is 11.8. The molecule has 0 atom stereocenters. The van der Waals surface area contributed by atoms with Crippen molar-refractivity contribution in [3.63, 3.8) is 0 Å². The van der Waals surface area contributed by atoms with E-state index in [1.54, 1.807) is 4.57 Å². The first-order valence-corrected chi connectivity index (χ1v) is 14.5. The van der Waals surface area contributed by atoms with Gasteiger partial charge in [-0.05, 0) is 60.0 Å². The molecule has 2 aromatic heterocycles. The van der Waals surface area contributed by atoms with Crippen molar-refractivity contribution in [1.29, 1.82) is 0 Å². The number of anilines is 1. The molecule has 0 radical (unpaired) electrons. The summed E-state index contributed by atoms with van der Waals surface area (Å²) in [6.07, 6.45) is 3.94. The number of rotatable bonds is 4. The van der Waals surface area contributed by atoms with Gasteiger partial charge in [-0.1, -0.05) is 75.0 Å². The average molecular weight is 561 g/mol. The lowest BCUT2D eigenvalue weighted by Gasteiger charge is -2.23. The molecule has 0 fully saturated rings. The fourth-order valence-electron chi connectivity index (χ4n) is 5.77. The van der Waals surface area contributed by atoms with Gasteiger partial charge in [-0.2, -0.15) is 0 Å². The number of allylic oxidation sites excluding steroid dienone is 2. The maximum atomic E-state index is 13.5. The maximum absolute atomic E-state index is 13.5. The van der Waals surface area contributed by atoms with Crippen molar-refractivity contribution in [1.82, 2.24) is 14.3 Å². The number of thiazole rings is 1. The maximum Gasteiger partial charge on any atom is 0.282 e. The van der Waals surface area contributed by atoms with Crippen molar-refractivity contribution in [2.45, 2.75) is 32.7 Å². The van der Waals surface area contributed by atoms with E-state index in [0.29, 0.717) is 32.0 Å². The minimum Gasteiger partial charge on any atom is -0.347 e. The molecule has 1 aliphatic heterocycles. The number of hydrogen-bond acceptors (Lipinski definition) is 4. The van der Waals surface area contributed by atoms with Crippen molar-refractivity contribution < 1.29 is 0 Å². The van der Waals surface area contributed by atoms with Crippen molar-refractivity contribution in [3.05, 3.63) is 137 Å². The van der Waals surface area contributed by atoms with Gasteiger partial charge >= 0.3 is 0 Å². The van der Waals surface area contributed by atoms with Gasteiger partial charge in [0.2, 0.25) is 0 Å². The van der Waals surface area contributed by atoms with Crippen LogP contribution in [0.2, 0.25) is 0 Å². The monoisotopic (exact) mass is 560 g/mol. The number of H-pyrrole nitrogens is 1. The van der Waals surface area contributed by atoms with E-state index in [0.717, 1.165) is 11.4 Å². The minimum absolute atomic E-state index is 0.113. The summed E-state index contributed by atoms with van der Waals surface area (Å²) in [5.41, 5.74) is 5.98. The summed E-state index contributed by atoms with van der Waals surface area (Å²) in [4.78, 5) is 29.2. The molecular formula is C34H32N4O2S. The number of likely N-dealkylation sites (N-methyl/N-ethyl adjacent to an activating group) is 1. The third-order valence-corrected chi connectivity index (χ3v) is 9.10. The number of nitrogens with zero attached hydrogens (tertiary/aromatic N) is 3. The van der Waals surface area contributed by atoms with E-state index in [1.165, 1.54) is 32.7 Å². The van der Waals surface area contributed by atoms with Gasteiger partial charge < -0.3 is 4.90 Å². The lowest BCUT2D eigenvalue weighted by Crippen LogP contribution is -2.27. The second-order valence-electron chi connectivity index (χ2n) is 10.8. The molecule has 0 spiro atoms. The first-order chi connectivity index (χ1) is 19.7. The molecule has 0 saturated carbocycles. The summed E-state index contributed by atoms with van der Waals surface area (Å²) in [6, 6.07) is 26.4. The summed E-state index contributed by atoms with van der Waals surface area (Å²) in [5, 5.41) is 3.98. The Kier molecular flexibility index (Phi) is 6.54. The highest BCUT2D eigenvalue weighted by Crippen LogP contribution is 2.48. The van der Waals surface area contributed by atoms with Crippen LogP contribution in [-0.2, 0) is 12.0 Å². The zero-order valence-corrected chi connectivity index (χ0v) is 24.5. The van der Waals surface area contributed by atoms with Gasteiger partial charge in [-0.3, -0.25) is 19.3 Å². The number of nitrogens with one attached hydrogen (secondary N) is 1. The number of aromatic nitrogens is 3. The van der Waals surface area contributed by atoms with Crippen molar-refractivity contribution >= 4 is 29.7 Å². The Morgan fingerprint density at radius 3 is 2.27 bits per heavy atom. The Labute approximate surface area is 241 Å². The highest BCUT2D eigenvalue weighted by molar-refractivity contribution is 7.07. The largest absolute Gasteiger partial charge is 0.347 e. The number of fused-ring (bicyclic) bond motifs is 1. The van der Waals surface area contributed by atoms with Crippen molar-refractivity contribution in [3.8, 4) is 16.8 Å². The number of hydrogen-bond donors (Lipinski definition) is 1. The van der Waals surface area contributed by atoms with E-state index in [1.807, 2.05) is 55.5 Å². The zero-order valence-electron chi connectivity index (χ0n) is 23.6. The van der Waals surface area contributed by atoms with Crippen molar-refractivity contribution in [2.24, 2.45) is 0 Å². The Morgan fingerprint density at radius 2 is 1.59 bits per heavy atom. The standard InChI is InChI=1S/C34H32N4O2S/c1-6-37-31(39)28(41-33(37)30-22(2)35-38(32(30)40)25-15-11-8-12-16-25)19-20-29-34(3,4)26-21-24(17-18-27(26)36(29)5)23-13-9-7-10-14-23/h7-21,35H,2,6H2,1,3-5H3. The molecule has 3 aromatic carbocycles. The van der Waals surface area contributed by atoms with E-state index in [-0.39, 0.29) is 16.5 Å². The van der Waals surface area contributed by atoms with Crippen LogP contribution < -0.4 is 25.9 Å². The Balaban J connectivity index is 1.50. The molecule has 41 heavy (non-hydrogen) atoms. The van der Waals surface area contributed by atoms with Crippen LogP contribution >= 0.6 is 11.3 Å². The van der Waals surface area contributed by atoms with Gasteiger partial charge in [0.25, 0.3) is 11.1 Å². The van der Waals surface area contributed by atoms with Gasteiger partial charge in [0.1, 0.15) is 9.88 Å². The molecule has 0 bridgehead atoms. The van der Waals surface area contributed by atoms with Crippen LogP contribution in [0.1, 0.15) is 26.3 Å². The Bertz CT molecular complexity index is 2130. The van der Waals surface area contributed by atoms with Gasteiger partial charge in [0, 0.05) is 30.4 Å². The third-order valence-electron chi connectivity index (χ3n) is 7.95. The highest BCUT2D eigenvalue weighted by Gasteiger charge is 2.38. The molecule has 3 heterocycles. The smallest absolute Gasteiger partial charge is 0.282 e. The number of para-hydroxylation sites is 1. The SMILES string of the molecule is C=c1[nH]n(-c2ccccc2)c(=O)c1=c1sc(=CC=C2N(C)c3ccc(-c4ccccc4)cc3C2(C)C)c(=O)n1CC. The first kappa shape index (κ1) is 26.6. The molecule has 1 aliphatic rings. The second kappa shape index (κ2) is 10.1. The van der Waals surface area contributed by atoms with Crippen LogP contribution in [0.5, 0.6) is 0 Å². The predicted octanol–water partition coefficient (Wildman–Crippen LogP) is 4.86. The normalized spacial score (nSPS) is 16.4.